The van der Waals surface area contributed by atoms with Crippen LogP contribution in [0.3, 0.4) is 0 Å². The average Bonchev–Trinajstić information content (AvgIpc) is 3.07. The van der Waals surface area contributed by atoms with Crippen molar-refractivity contribution in [1.82, 2.24) is 9.55 Å². The molecule has 0 spiro atoms. The molecule has 0 saturated carbocycles. The largest absolute Gasteiger partial charge is 0.480 e. The number of thiophene rings is 1. The van der Waals surface area contributed by atoms with Crippen LogP contribution >= 0.6 is 11.3 Å². The Morgan fingerprint density at radius 1 is 1.19 bits per heavy atom. The van der Waals surface area contributed by atoms with Crippen molar-refractivity contribution in [2.24, 2.45) is 0 Å². The molecule has 0 fully saturated rings. The number of carbonyl (C=O) groups is 1. The summed E-state index contributed by atoms with van der Waals surface area (Å²) < 4.78 is 1.28. The highest BCUT2D eigenvalue weighted by atomic mass is 32.1. The number of aromatic nitrogens is 2. The third-order valence-electron chi connectivity index (χ3n) is 4.59. The van der Waals surface area contributed by atoms with Crippen LogP contribution in [0.5, 0.6) is 0 Å². The summed E-state index contributed by atoms with van der Waals surface area (Å²) in [6, 6.07) is 14.1. The molecule has 0 radical (unpaired) electrons. The average molecular weight is 378 g/mol. The molecule has 0 saturated heterocycles. The Hall–Kier alpha value is -2.99. The minimum absolute atomic E-state index is 0.0485. The van der Waals surface area contributed by atoms with Crippen LogP contribution in [-0.2, 0) is 11.3 Å². The van der Waals surface area contributed by atoms with E-state index in [4.69, 9.17) is 0 Å². The maximum absolute atomic E-state index is 13.2. The molecule has 4 rings (SSSR count). The van der Waals surface area contributed by atoms with E-state index in [0.717, 1.165) is 21.9 Å². The molecule has 0 unspecified atom stereocenters. The lowest BCUT2D eigenvalue weighted by atomic mass is 10.0. The molecule has 2 aromatic heterocycles. The molecule has 2 heterocycles. The van der Waals surface area contributed by atoms with Crippen molar-refractivity contribution >= 4 is 38.3 Å². The van der Waals surface area contributed by atoms with E-state index in [1.54, 1.807) is 0 Å². The maximum atomic E-state index is 13.2. The smallest absolute Gasteiger partial charge is 0.323 e. The first-order valence-corrected chi connectivity index (χ1v) is 9.56. The highest BCUT2D eigenvalue weighted by Crippen LogP contribution is 2.33. The Labute approximate surface area is 159 Å². The molecule has 0 aliphatic rings. The summed E-state index contributed by atoms with van der Waals surface area (Å²) in [6.07, 6.45) is 0. The molecule has 0 aliphatic carbocycles. The monoisotopic (exact) mass is 378 g/mol. The highest BCUT2D eigenvalue weighted by Gasteiger charge is 2.20. The van der Waals surface area contributed by atoms with Crippen LogP contribution in [0.15, 0.2) is 52.6 Å². The van der Waals surface area contributed by atoms with Gasteiger partial charge in [-0.15, -0.1) is 11.3 Å². The number of fused-ring (bicyclic) bond motifs is 2. The number of hydrogen-bond donors (Lipinski definition) is 1. The first kappa shape index (κ1) is 17.4. The molecule has 5 nitrogen and oxygen atoms in total. The van der Waals surface area contributed by atoms with Gasteiger partial charge in [0.2, 0.25) is 0 Å². The summed E-state index contributed by atoms with van der Waals surface area (Å²) in [5, 5.41) is 13.9. The molecule has 4 aromatic rings. The van der Waals surface area contributed by atoms with Gasteiger partial charge in [-0.2, -0.15) is 0 Å². The Balaban J connectivity index is 1.99. The van der Waals surface area contributed by atoms with E-state index in [1.807, 2.05) is 61.7 Å². The van der Waals surface area contributed by atoms with Crippen molar-refractivity contribution < 1.29 is 9.90 Å². The number of hydrogen-bond acceptors (Lipinski definition) is 4. The fourth-order valence-corrected chi connectivity index (χ4v) is 4.28. The normalized spacial score (nSPS) is 11.5. The van der Waals surface area contributed by atoms with Crippen molar-refractivity contribution in [3.8, 4) is 11.1 Å². The molecule has 2 aromatic carbocycles. The Kier molecular flexibility index (Phi) is 4.28. The van der Waals surface area contributed by atoms with E-state index >= 15 is 0 Å². The van der Waals surface area contributed by atoms with Gasteiger partial charge in [-0.25, -0.2) is 4.98 Å². The third-order valence-corrected chi connectivity index (χ3v) is 5.47. The van der Waals surface area contributed by atoms with Crippen molar-refractivity contribution in [3.05, 3.63) is 64.0 Å². The number of benzene rings is 2. The lowest BCUT2D eigenvalue weighted by molar-refractivity contribution is -0.137. The van der Waals surface area contributed by atoms with E-state index < -0.39 is 5.97 Å². The fraction of sp³-hybridized carbons (Fsp3) is 0.190. The quantitative estimate of drug-likeness (QED) is 0.568. The van der Waals surface area contributed by atoms with E-state index in [1.165, 1.54) is 15.9 Å². The summed E-state index contributed by atoms with van der Waals surface area (Å²) in [7, 11) is 0. The Bertz CT molecular complexity index is 1240. The van der Waals surface area contributed by atoms with Crippen LogP contribution in [0.25, 0.3) is 32.1 Å². The number of nitrogens with zero attached hydrogens (tertiary/aromatic N) is 2. The van der Waals surface area contributed by atoms with E-state index in [9.17, 15) is 14.7 Å². The van der Waals surface area contributed by atoms with Gasteiger partial charge in [-0.05, 0) is 22.4 Å². The van der Waals surface area contributed by atoms with Crippen LogP contribution in [0, 0.1) is 0 Å². The highest BCUT2D eigenvalue weighted by molar-refractivity contribution is 7.17. The summed E-state index contributed by atoms with van der Waals surface area (Å²) in [4.78, 5) is 29.7. The predicted molar refractivity (Wildman–Crippen MR) is 109 cm³/mol. The first-order valence-electron chi connectivity index (χ1n) is 8.68. The number of carboxylic acid groups (broad SMARTS) is 1. The SMILES string of the molecule is CC(C)c1nc2scc(-c3ccc4ccccc4c3)c2c(=O)n1CC(=O)O. The van der Waals surface area contributed by atoms with Crippen molar-refractivity contribution in [1.29, 1.82) is 0 Å². The molecule has 6 heteroatoms. The predicted octanol–water partition coefficient (Wildman–Crippen LogP) is 4.49. The van der Waals surface area contributed by atoms with E-state index in [0.29, 0.717) is 16.0 Å². The molecule has 0 atom stereocenters. The first-order chi connectivity index (χ1) is 13.0. The van der Waals surface area contributed by atoms with Crippen LogP contribution in [-0.4, -0.2) is 20.6 Å². The second kappa shape index (κ2) is 6.63. The Morgan fingerprint density at radius 3 is 2.63 bits per heavy atom. The summed E-state index contributed by atoms with van der Waals surface area (Å²) in [6.45, 7) is 3.43. The lowest BCUT2D eigenvalue weighted by Gasteiger charge is -2.13. The molecule has 0 bridgehead atoms. The number of rotatable bonds is 4. The van der Waals surface area contributed by atoms with Crippen LogP contribution in [0.1, 0.15) is 25.6 Å². The van der Waals surface area contributed by atoms with E-state index in [2.05, 4.69) is 4.98 Å². The molecule has 0 aliphatic heterocycles. The zero-order chi connectivity index (χ0) is 19.1. The van der Waals surface area contributed by atoms with Crippen molar-refractivity contribution in [2.45, 2.75) is 26.3 Å². The molecule has 136 valence electrons. The minimum Gasteiger partial charge on any atom is -0.480 e. The number of aliphatic carboxylic acids is 1. The molecular weight excluding hydrogens is 360 g/mol. The maximum Gasteiger partial charge on any atom is 0.323 e. The van der Waals surface area contributed by atoms with Gasteiger partial charge >= 0.3 is 5.97 Å². The minimum atomic E-state index is -1.05. The third kappa shape index (κ3) is 3.02. The van der Waals surface area contributed by atoms with E-state index in [-0.39, 0.29) is 18.0 Å². The fourth-order valence-electron chi connectivity index (χ4n) is 3.34. The lowest BCUT2D eigenvalue weighted by Crippen LogP contribution is -2.29. The van der Waals surface area contributed by atoms with Gasteiger partial charge < -0.3 is 5.11 Å². The topological polar surface area (TPSA) is 72.2 Å². The zero-order valence-electron chi connectivity index (χ0n) is 15.0. The summed E-state index contributed by atoms with van der Waals surface area (Å²) in [5.74, 6) is -0.600. The molecule has 1 N–H and O–H groups in total. The van der Waals surface area contributed by atoms with Crippen molar-refractivity contribution in [2.75, 3.05) is 0 Å². The van der Waals surface area contributed by atoms with Gasteiger partial charge in [0.1, 0.15) is 17.2 Å². The van der Waals surface area contributed by atoms with Gasteiger partial charge in [0.25, 0.3) is 5.56 Å². The molecular formula is C21H18N2O3S. The number of carboxylic acids is 1. The van der Waals surface area contributed by atoms with Crippen LogP contribution in [0.4, 0.5) is 0 Å². The van der Waals surface area contributed by atoms with Gasteiger partial charge in [0, 0.05) is 16.9 Å². The van der Waals surface area contributed by atoms with Crippen LogP contribution in [0.2, 0.25) is 0 Å². The summed E-state index contributed by atoms with van der Waals surface area (Å²) >= 11 is 1.42. The van der Waals surface area contributed by atoms with Gasteiger partial charge in [0.15, 0.2) is 0 Å². The standard InChI is InChI=1S/C21H18N2O3S/c1-12(2)19-22-20-18(21(26)23(19)10-17(24)25)16(11-27-20)15-8-7-13-5-3-4-6-14(13)9-15/h3-9,11-12H,10H2,1-2H3,(H,24,25). The Morgan fingerprint density at radius 2 is 1.93 bits per heavy atom. The molecule has 27 heavy (non-hydrogen) atoms. The molecule has 0 amide bonds. The second-order valence-electron chi connectivity index (χ2n) is 6.80. The zero-order valence-corrected chi connectivity index (χ0v) is 15.8. The van der Waals surface area contributed by atoms with Gasteiger partial charge in [-0.3, -0.25) is 14.2 Å². The van der Waals surface area contributed by atoms with Gasteiger partial charge in [0.05, 0.1) is 5.39 Å². The second-order valence-corrected chi connectivity index (χ2v) is 7.66. The van der Waals surface area contributed by atoms with Gasteiger partial charge in [-0.1, -0.05) is 50.2 Å². The van der Waals surface area contributed by atoms with Crippen molar-refractivity contribution in [3.63, 3.8) is 0 Å². The van der Waals surface area contributed by atoms with Crippen LogP contribution < -0.4 is 5.56 Å². The summed E-state index contributed by atoms with van der Waals surface area (Å²) in [5.41, 5.74) is 1.43.